The first kappa shape index (κ1) is 21.4. The van der Waals surface area contributed by atoms with Crippen molar-refractivity contribution in [3.05, 3.63) is 81.9 Å². The number of nitrogens with one attached hydrogen (secondary N) is 1. The van der Waals surface area contributed by atoms with E-state index in [1.165, 1.54) is 12.1 Å². The highest BCUT2D eigenvalue weighted by molar-refractivity contribution is 6.06. The summed E-state index contributed by atoms with van der Waals surface area (Å²) in [6, 6.07) is 11.8. The first-order valence-electron chi connectivity index (χ1n) is 11.4. The predicted octanol–water partition coefficient (Wildman–Crippen LogP) is 5.11. The lowest BCUT2D eigenvalue weighted by molar-refractivity contribution is -0.116. The van der Waals surface area contributed by atoms with Gasteiger partial charge in [0.1, 0.15) is 12.4 Å². The van der Waals surface area contributed by atoms with Crippen LogP contribution in [0.2, 0.25) is 0 Å². The van der Waals surface area contributed by atoms with Crippen molar-refractivity contribution in [2.24, 2.45) is 0 Å². The average Bonchev–Trinajstić information content (AvgIpc) is 2.82. The molecular weight excluding hydrogens is 421 g/mol. The monoisotopic (exact) mass is 447 g/mol. The molecule has 0 saturated carbocycles. The molecule has 0 bridgehead atoms. The van der Waals surface area contributed by atoms with Crippen molar-refractivity contribution in [2.75, 3.05) is 7.11 Å². The Labute approximate surface area is 192 Å². The molecule has 6 heteroatoms. The SMILES string of the molecule is COc1cc(C2C3=C(CCCC3=O)NC3=C2C(=O)CCC3)ccc1OCc1cccc(F)c1. The Morgan fingerprint density at radius 3 is 2.24 bits per heavy atom. The Morgan fingerprint density at radius 1 is 0.909 bits per heavy atom. The first-order chi connectivity index (χ1) is 16.0. The summed E-state index contributed by atoms with van der Waals surface area (Å²) >= 11 is 0. The molecule has 3 aliphatic rings. The van der Waals surface area contributed by atoms with Gasteiger partial charge in [0.15, 0.2) is 23.1 Å². The molecule has 2 aromatic rings. The lowest BCUT2D eigenvalue weighted by Gasteiger charge is -2.37. The topological polar surface area (TPSA) is 64.6 Å². The normalized spacial score (nSPS) is 18.6. The summed E-state index contributed by atoms with van der Waals surface area (Å²) in [5, 5.41) is 3.43. The maximum atomic E-state index is 13.5. The number of ether oxygens (including phenoxy) is 2. The predicted molar refractivity (Wildman–Crippen MR) is 121 cm³/mol. The second kappa shape index (κ2) is 8.85. The van der Waals surface area contributed by atoms with Crippen molar-refractivity contribution in [1.29, 1.82) is 0 Å². The van der Waals surface area contributed by atoms with Gasteiger partial charge in [0.05, 0.1) is 7.11 Å². The molecular formula is C27H26FNO4. The zero-order chi connectivity index (χ0) is 22.9. The molecule has 0 radical (unpaired) electrons. The van der Waals surface area contributed by atoms with E-state index in [1.807, 2.05) is 12.1 Å². The number of dihydropyridines is 1. The number of ketones is 2. The van der Waals surface area contributed by atoms with E-state index >= 15 is 0 Å². The van der Waals surface area contributed by atoms with Crippen molar-refractivity contribution >= 4 is 11.6 Å². The van der Waals surface area contributed by atoms with Gasteiger partial charge >= 0.3 is 0 Å². The van der Waals surface area contributed by atoms with Gasteiger partial charge in [0.25, 0.3) is 0 Å². The minimum absolute atomic E-state index is 0.101. The van der Waals surface area contributed by atoms with E-state index < -0.39 is 0 Å². The molecule has 1 N–H and O–H groups in total. The summed E-state index contributed by atoms with van der Waals surface area (Å²) in [6.45, 7) is 0.197. The quantitative estimate of drug-likeness (QED) is 0.690. The van der Waals surface area contributed by atoms with Crippen LogP contribution in [0.25, 0.3) is 0 Å². The molecule has 0 aromatic heterocycles. The summed E-state index contributed by atoms with van der Waals surface area (Å²) in [6.07, 6.45) is 4.27. The number of rotatable bonds is 5. The van der Waals surface area contributed by atoms with E-state index in [1.54, 1.807) is 25.3 Å². The van der Waals surface area contributed by atoms with Gasteiger partial charge in [0.2, 0.25) is 0 Å². The molecule has 33 heavy (non-hydrogen) atoms. The minimum atomic E-state index is -0.386. The number of carbonyl (C=O) groups is 2. The summed E-state index contributed by atoms with van der Waals surface area (Å²) in [5.41, 5.74) is 4.89. The highest BCUT2D eigenvalue weighted by atomic mass is 19.1. The molecule has 1 aliphatic heterocycles. The fraction of sp³-hybridized carbons (Fsp3) is 0.333. The summed E-state index contributed by atoms with van der Waals surface area (Å²) in [5.74, 6) is 0.536. The molecule has 0 unspecified atom stereocenters. The zero-order valence-corrected chi connectivity index (χ0v) is 18.6. The number of hydrogen-bond acceptors (Lipinski definition) is 5. The van der Waals surface area contributed by atoms with Crippen LogP contribution in [0, 0.1) is 5.82 Å². The summed E-state index contributed by atoms with van der Waals surface area (Å²) in [4.78, 5) is 26.0. The van der Waals surface area contributed by atoms with E-state index in [0.717, 1.165) is 42.6 Å². The Morgan fingerprint density at radius 2 is 1.61 bits per heavy atom. The molecule has 2 aromatic carbocycles. The third kappa shape index (κ3) is 4.06. The third-order valence-corrected chi connectivity index (χ3v) is 6.60. The molecule has 0 amide bonds. The Balaban J connectivity index is 1.51. The smallest absolute Gasteiger partial charge is 0.161 e. The lowest BCUT2D eigenvalue weighted by atomic mass is 9.71. The van der Waals surface area contributed by atoms with E-state index in [9.17, 15) is 14.0 Å². The van der Waals surface area contributed by atoms with Gasteiger partial charge in [0, 0.05) is 41.3 Å². The number of halogens is 1. The molecule has 5 rings (SSSR count). The molecule has 170 valence electrons. The van der Waals surface area contributed by atoms with Crippen LogP contribution in [0.4, 0.5) is 4.39 Å². The standard InChI is InChI=1S/C27H26FNO4/c1-32-24-14-17(11-12-23(24)33-15-16-5-2-6-18(28)13-16)25-26-19(7-3-9-21(26)30)29-20-8-4-10-22(31)27(20)25/h2,5-6,11-14,25,29H,3-4,7-10,15H2,1H3. The molecule has 0 fully saturated rings. The Bertz CT molecular complexity index is 1150. The van der Waals surface area contributed by atoms with Crippen LogP contribution in [0.1, 0.15) is 55.6 Å². The van der Waals surface area contributed by atoms with Crippen molar-refractivity contribution in [1.82, 2.24) is 5.32 Å². The van der Waals surface area contributed by atoms with Crippen LogP contribution in [0.5, 0.6) is 11.5 Å². The number of Topliss-reactive ketones (excluding diaryl/α,β-unsaturated/α-hetero) is 2. The van der Waals surface area contributed by atoms with E-state index in [0.29, 0.717) is 41.1 Å². The maximum absolute atomic E-state index is 13.5. The number of carbonyl (C=O) groups excluding carboxylic acids is 2. The van der Waals surface area contributed by atoms with Crippen molar-refractivity contribution in [3.63, 3.8) is 0 Å². The number of hydrogen-bond donors (Lipinski definition) is 1. The number of methoxy groups -OCH3 is 1. The Hall–Kier alpha value is -3.41. The highest BCUT2D eigenvalue weighted by Crippen LogP contribution is 2.46. The summed E-state index contributed by atoms with van der Waals surface area (Å²) in [7, 11) is 1.56. The van der Waals surface area contributed by atoms with E-state index in [2.05, 4.69) is 5.32 Å². The van der Waals surface area contributed by atoms with Crippen molar-refractivity contribution in [2.45, 2.75) is 51.0 Å². The van der Waals surface area contributed by atoms with Gasteiger partial charge in [-0.25, -0.2) is 4.39 Å². The van der Waals surface area contributed by atoms with Crippen molar-refractivity contribution in [3.8, 4) is 11.5 Å². The molecule has 0 spiro atoms. The molecule has 0 atom stereocenters. The van der Waals surface area contributed by atoms with Crippen LogP contribution in [-0.2, 0) is 16.2 Å². The van der Waals surface area contributed by atoms with Crippen LogP contribution < -0.4 is 14.8 Å². The molecule has 5 nitrogen and oxygen atoms in total. The second-order valence-electron chi connectivity index (χ2n) is 8.72. The largest absolute Gasteiger partial charge is 0.493 e. The second-order valence-corrected chi connectivity index (χ2v) is 8.72. The van der Waals surface area contributed by atoms with Crippen LogP contribution >= 0.6 is 0 Å². The van der Waals surface area contributed by atoms with Gasteiger partial charge < -0.3 is 14.8 Å². The van der Waals surface area contributed by atoms with Gasteiger partial charge in [-0.1, -0.05) is 18.2 Å². The molecule has 2 aliphatic carbocycles. The van der Waals surface area contributed by atoms with Crippen LogP contribution in [-0.4, -0.2) is 18.7 Å². The maximum Gasteiger partial charge on any atom is 0.161 e. The summed E-state index contributed by atoms with van der Waals surface area (Å²) < 4.78 is 25.0. The van der Waals surface area contributed by atoms with Gasteiger partial charge in [-0.05, 0) is 61.1 Å². The minimum Gasteiger partial charge on any atom is -0.493 e. The van der Waals surface area contributed by atoms with E-state index in [-0.39, 0.29) is 29.9 Å². The Kier molecular flexibility index (Phi) is 5.75. The van der Waals surface area contributed by atoms with Crippen molar-refractivity contribution < 1.29 is 23.5 Å². The van der Waals surface area contributed by atoms with Gasteiger partial charge in [-0.3, -0.25) is 9.59 Å². The molecule has 1 heterocycles. The number of allylic oxidation sites excluding steroid dienone is 4. The van der Waals surface area contributed by atoms with Gasteiger partial charge in [-0.2, -0.15) is 0 Å². The zero-order valence-electron chi connectivity index (χ0n) is 18.6. The third-order valence-electron chi connectivity index (χ3n) is 6.60. The number of benzene rings is 2. The highest BCUT2D eigenvalue weighted by Gasteiger charge is 2.40. The lowest BCUT2D eigenvalue weighted by Crippen LogP contribution is -2.36. The van der Waals surface area contributed by atoms with Crippen LogP contribution in [0.3, 0.4) is 0 Å². The fourth-order valence-corrected chi connectivity index (χ4v) is 5.09. The fourth-order valence-electron chi connectivity index (χ4n) is 5.09. The first-order valence-corrected chi connectivity index (χ1v) is 11.4. The average molecular weight is 448 g/mol. The van der Waals surface area contributed by atoms with Gasteiger partial charge in [-0.15, -0.1) is 0 Å². The van der Waals surface area contributed by atoms with Crippen LogP contribution in [0.15, 0.2) is 65.0 Å². The van der Waals surface area contributed by atoms with E-state index in [4.69, 9.17) is 9.47 Å². The molecule has 0 saturated heterocycles.